The molecule has 2 aromatic carbocycles. The Morgan fingerprint density at radius 2 is 1.78 bits per heavy atom. The van der Waals surface area contributed by atoms with Crippen LogP contribution in [0.1, 0.15) is 31.1 Å². The highest BCUT2D eigenvalue weighted by Crippen LogP contribution is 2.22. The molecule has 1 unspecified atom stereocenters. The van der Waals surface area contributed by atoms with Crippen LogP contribution in [-0.2, 0) is 4.79 Å². The van der Waals surface area contributed by atoms with Gasteiger partial charge in [0.15, 0.2) is 18.2 Å². The van der Waals surface area contributed by atoms with Crippen LogP contribution in [-0.4, -0.2) is 31.4 Å². The fraction of sp³-hybridized carbons (Fsp3) is 0.333. The van der Waals surface area contributed by atoms with Crippen LogP contribution in [0.25, 0.3) is 0 Å². The average Bonchev–Trinajstić information content (AvgIpc) is 2.64. The number of ether oxygens (including phenoxy) is 2. The molecule has 6 heteroatoms. The summed E-state index contributed by atoms with van der Waals surface area (Å²) in [5, 5.41) is 2.87. The Labute approximate surface area is 158 Å². The van der Waals surface area contributed by atoms with E-state index in [1.165, 1.54) is 6.07 Å². The van der Waals surface area contributed by atoms with Crippen molar-refractivity contribution in [3.05, 3.63) is 59.9 Å². The van der Waals surface area contributed by atoms with Crippen LogP contribution < -0.4 is 14.8 Å². The van der Waals surface area contributed by atoms with Gasteiger partial charge in [0, 0.05) is 5.56 Å². The Hall–Kier alpha value is -2.89. The predicted octanol–water partition coefficient (Wildman–Crippen LogP) is 3.63. The van der Waals surface area contributed by atoms with Crippen LogP contribution >= 0.6 is 0 Å². The molecule has 0 aliphatic rings. The zero-order valence-corrected chi connectivity index (χ0v) is 15.7. The van der Waals surface area contributed by atoms with Crippen molar-refractivity contribution < 1.29 is 23.5 Å². The van der Waals surface area contributed by atoms with E-state index in [-0.39, 0.29) is 36.3 Å². The first-order valence-electron chi connectivity index (χ1n) is 8.64. The van der Waals surface area contributed by atoms with Crippen LogP contribution in [0.4, 0.5) is 4.39 Å². The predicted molar refractivity (Wildman–Crippen MR) is 101 cm³/mol. The molecule has 1 N–H and O–H groups in total. The van der Waals surface area contributed by atoms with Gasteiger partial charge in [-0.3, -0.25) is 9.59 Å². The second kappa shape index (κ2) is 9.16. The van der Waals surface area contributed by atoms with Crippen molar-refractivity contribution in [3.8, 4) is 11.5 Å². The number of aldehydes is 1. The lowest BCUT2D eigenvalue weighted by Crippen LogP contribution is -2.49. The lowest BCUT2D eigenvalue weighted by atomic mass is 9.87. The zero-order chi connectivity index (χ0) is 19.9. The van der Waals surface area contributed by atoms with Crippen molar-refractivity contribution in [2.45, 2.75) is 26.8 Å². The van der Waals surface area contributed by atoms with E-state index >= 15 is 0 Å². The maximum absolute atomic E-state index is 13.7. The van der Waals surface area contributed by atoms with E-state index in [2.05, 4.69) is 5.32 Å². The summed E-state index contributed by atoms with van der Waals surface area (Å²) in [6.45, 7) is 5.84. The SMILES string of the molecule is CC(C)(C)C(COc1ccccc1F)NC(=O)COc1ccc(C=O)cc1. The summed E-state index contributed by atoms with van der Waals surface area (Å²) >= 11 is 0. The molecule has 0 fully saturated rings. The van der Waals surface area contributed by atoms with Gasteiger partial charge in [0.2, 0.25) is 0 Å². The van der Waals surface area contributed by atoms with Crippen molar-refractivity contribution in [1.82, 2.24) is 5.32 Å². The van der Waals surface area contributed by atoms with Crippen molar-refractivity contribution in [2.75, 3.05) is 13.2 Å². The highest BCUT2D eigenvalue weighted by molar-refractivity contribution is 5.78. The highest BCUT2D eigenvalue weighted by atomic mass is 19.1. The third kappa shape index (κ3) is 6.40. The van der Waals surface area contributed by atoms with E-state index in [4.69, 9.17) is 9.47 Å². The Balaban J connectivity index is 1.91. The number of amides is 1. The van der Waals surface area contributed by atoms with E-state index in [9.17, 15) is 14.0 Å². The lowest BCUT2D eigenvalue weighted by molar-refractivity contribution is -0.124. The maximum atomic E-state index is 13.7. The normalized spacial score (nSPS) is 12.1. The minimum absolute atomic E-state index is 0.129. The molecule has 0 aromatic heterocycles. The number of hydrogen-bond donors (Lipinski definition) is 1. The average molecular weight is 373 g/mol. The molecule has 0 spiro atoms. The van der Waals surface area contributed by atoms with Gasteiger partial charge in [0.05, 0.1) is 6.04 Å². The number of carbonyl (C=O) groups excluding carboxylic acids is 2. The summed E-state index contributed by atoms with van der Waals surface area (Å²) in [5.41, 5.74) is 0.233. The molecule has 0 bridgehead atoms. The van der Waals surface area contributed by atoms with Crippen molar-refractivity contribution in [1.29, 1.82) is 0 Å². The van der Waals surface area contributed by atoms with E-state index in [0.29, 0.717) is 11.3 Å². The third-order valence-electron chi connectivity index (χ3n) is 4.01. The first kappa shape index (κ1) is 20.4. The molecule has 0 heterocycles. The zero-order valence-electron chi connectivity index (χ0n) is 15.7. The smallest absolute Gasteiger partial charge is 0.258 e. The Morgan fingerprint density at radius 1 is 1.11 bits per heavy atom. The number of rotatable bonds is 8. The molecular weight excluding hydrogens is 349 g/mol. The topological polar surface area (TPSA) is 64.6 Å². The van der Waals surface area contributed by atoms with Gasteiger partial charge in [0.1, 0.15) is 18.6 Å². The summed E-state index contributed by atoms with van der Waals surface area (Å²) < 4.78 is 24.7. The summed E-state index contributed by atoms with van der Waals surface area (Å²) in [6.07, 6.45) is 0.736. The summed E-state index contributed by atoms with van der Waals surface area (Å²) in [5.74, 6) is -0.122. The van der Waals surface area contributed by atoms with Crippen LogP contribution in [0.15, 0.2) is 48.5 Å². The van der Waals surface area contributed by atoms with Gasteiger partial charge in [-0.15, -0.1) is 0 Å². The number of carbonyl (C=O) groups is 2. The summed E-state index contributed by atoms with van der Waals surface area (Å²) in [6, 6.07) is 12.3. The van der Waals surface area contributed by atoms with Gasteiger partial charge in [-0.25, -0.2) is 4.39 Å². The van der Waals surface area contributed by atoms with Gasteiger partial charge in [-0.1, -0.05) is 32.9 Å². The summed E-state index contributed by atoms with van der Waals surface area (Å²) in [4.78, 5) is 22.9. The van der Waals surface area contributed by atoms with E-state index < -0.39 is 5.82 Å². The molecule has 1 amide bonds. The standard InChI is InChI=1S/C21H24FNO4/c1-21(2,3)19(13-27-18-7-5-4-6-17(18)22)23-20(25)14-26-16-10-8-15(12-24)9-11-16/h4-12,19H,13-14H2,1-3H3,(H,23,25). The molecule has 5 nitrogen and oxygen atoms in total. The van der Waals surface area contributed by atoms with Crippen LogP contribution in [0.2, 0.25) is 0 Å². The summed E-state index contributed by atoms with van der Waals surface area (Å²) in [7, 11) is 0. The molecule has 0 saturated heterocycles. The van der Waals surface area contributed by atoms with Gasteiger partial charge < -0.3 is 14.8 Å². The van der Waals surface area contributed by atoms with Crippen molar-refractivity contribution >= 4 is 12.2 Å². The van der Waals surface area contributed by atoms with Crippen LogP contribution in [0.3, 0.4) is 0 Å². The number of para-hydroxylation sites is 1. The molecule has 0 aliphatic heterocycles. The van der Waals surface area contributed by atoms with Gasteiger partial charge in [-0.2, -0.15) is 0 Å². The molecular formula is C21H24FNO4. The molecule has 0 saturated carbocycles. The Kier molecular flexibility index (Phi) is 6.93. The number of halogens is 1. The van der Waals surface area contributed by atoms with Crippen molar-refractivity contribution in [2.24, 2.45) is 5.41 Å². The fourth-order valence-electron chi connectivity index (χ4n) is 2.27. The minimum Gasteiger partial charge on any atom is -0.488 e. The fourth-order valence-corrected chi connectivity index (χ4v) is 2.27. The largest absolute Gasteiger partial charge is 0.488 e. The quantitative estimate of drug-likeness (QED) is 0.718. The molecule has 2 aromatic rings. The second-order valence-corrected chi connectivity index (χ2v) is 7.20. The Morgan fingerprint density at radius 3 is 2.37 bits per heavy atom. The molecule has 1 atom stereocenters. The van der Waals surface area contributed by atoms with Crippen LogP contribution in [0, 0.1) is 11.2 Å². The number of nitrogens with one attached hydrogen (secondary N) is 1. The highest BCUT2D eigenvalue weighted by Gasteiger charge is 2.27. The lowest BCUT2D eigenvalue weighted by Gasteiger charge is -2.31. The van der Waals surface area contributed by atoms with Crippen LogP contribution in [0.5, 0.6) is 11.5 Å². The van der Waals surface area contributed by atoms with Crippen molar-refractivity contribution in [3.63, 3.8) is 0 Å². The van der Waals surface area contributed by atoms with E-state index in [0.717, 1.165) is 6.29 Å². The van der Waals surface area contributed by atoms with Gasteiger partial charge in [0.25, 0.3) is 5.91 Å². The number of benzene rings is 2. The first-order chi connectivity index (χ1) is 12.8. The Bertz CT molecular complexity index is 768. The van der Waals surface area contributed by atoms with Gasteiger partial charge >= 0.3 is 0 Å². The monoisotopic (exact) mass is 373 g/mol. The third-order valence-corrected chi connectivity index (χ3v) is 4.01. The second-order valence-electron chi connectivity index (χ2n) is 7.20. The van der Waals surface area contributed by atoms with E-state index in [1.54, 1.807) is 42.5 Å². The number of hydrogen-bond acceptors (Lipinski definition) is 4. The first-order valence-corrected chi connectivity index (χ1v) is 8.64. The van der Waals surface area contributed by atoms with E-state index in [1.807, 2.05) is 20.8 Å². The molecule has 0 radical (unpaired) electrons. The maximum Gasteiger partial charge on any atom is 0.258 e. The molecule has 0 aliphatic carbocycles. The minimum atomic E-state index is -0.446. The van der Waals surface area contributed by atoms with Gasteiger partial charge in [-0.05, 0) is 41.8 Å². The molecule has 2 rings (SSSR count). The molecule has 27 heavy (non-hydrogen) atoms. The molecule has 144 valence electrons.